The summed E-state index contributed by atoms with van der Waals surface area (Å²) in [5, 5.41) is 7.55. The number of nitrogens with zero attached hydrogens (tertiary/aromatic N) is 1. The zero-order chi connectivity index (χ0) is 14.1. The molecule has 2 atom stereocenters. The average molecular weight is 273 g/mol. The number of benzene rings is 1. The largest absolute Gasteiger partial charge is 0.496 e. The first kappa shape index (κ1) is 13.4. The number of likely N-dealkylation sites (tertiary alicyclic amines) is 1. The summed E-state index contributed by atoms with van der Waals surface area (Å²) >= 11 is 0. The average Bonchev–Trinajstić information content (AvgIpc) is 2.99. The molecule has 4 nitrogen and oxygen atoms in total. The van der Waals surface area contributed by atoms with E-state index in [1.165, 1.54) is 37.9 Å². The van der Waals surface area contributed by atoms with Crippen molar-refractivity contribution in [2.45, 2.75) is 25.8 Å². The third kappa shape index (κ3) is 2.52. The third-order valence-electron chi connectivity index (χ3n) is 4.76. The van der Waals surface area contributed by atoms with Gasteiger partial charge in [-0.05, 0) is 42.4 Å². The van der Waals surface area contributed by atoms with Crippen molar-refractivity contribution in [2.24, 2.45) is 17.6 Å². The van der Waals surface area contributed by atoms with Gasteiger partial charge in [-0.15, -0.1) is 0 Å². The fraction of sp³-hybridized carbons (Fsp3) is 0.562. The molecular weight excluding hydrogens is 250 g/mol. The van der Waals surface area contributed by atoms with Crippen LogP contribution in [0.5, 0.6) is 5.75 Å². The lowest BCUT2D eigenvalue weighted by Gasteiger charge is -2.18. The number of rotatable bonds is 4. The summed E-state index contributed by atoms with van der Waals surface area (Å²) in [6.45, 7) is 3.45. The van der Waals surface area contributed by atoms with E-state index in [2.05, 4.69) is 11.0 Å². The first-order valence-corrected chi connectivity index (χ1v) is 7.41. The van der Waals surface area contributed by atoms with Gasteiger partial charge in [0.25, 0.3) is 0 Å². The molecule has 0 radical (unpaired) electrons. The highest BCUT2D eigenvalue weighted by atomic mass is 16.5. The molecule has 108 valence electrons. The van der Waals surface area contributed by atoms with Crippen LogP contribution in [-0.4, -0.2) is 30.9 Å². The number of hydrogen-bond acceptors (Lipinski definition) is 3. The standard InChI is InChI=1S/C16H23N3O/c1-20-15-7-11(5-6-14(15)16(17)18)8-19-9-12-3-2-4-13(12)10-19/h5-7,12-13H,2-4,8-10H2,1H3,(H3,17,18). The van der Waals surface area contributed by atoms with Crippen LogP contribution in [0.3, 0.4) is 0 Å². The highest BCUT2D eigenvalue weighted by Crippen LogP contribution is 2.38. The maximum absolute atomic E-state index is 7.55. The van der Waals surface area contributed by atoms with Crippen LogP contribution in [0.25, 0.3) is 0 Å². The predicted molar refractivity (Wildman–Crippen MR) is 80.1 cm³/mol. The number of hydrogen-bond donors (Lipinski definition) is 2. The fourth-order valence-electron chi connectivity index (χ4n) is 3.78. The Morgan fingerprint density at radius 2 is 2.05 bits per heavy atom. The molecule has 1 aromatic rings. The molecule has 1 aliphatic carbocycles. The van der Waals surface area contributed by atoms with Gasteiger partial charge in [0.15, 0.2) is 0 Å². The van der Waals surface area contributed by atoms with E-state index >= 15 is 0 Å². The Morgan fingerprint density at radius 3 is 2.65 bits per heavy atom. The van der Waals surface area contributed by atoms with E-state index in [4.69, 9.17) is 15.9 Å². The quantitative estimate of drug-likeness (QED) is 0.653. The molecule has 3 rings (SSSR count). The molecule has 1 aromatic carbocycles. The molecule has 4 heteroatoms. The van der Waals surface area contributed by atoms with Crippen molar-refractivity contribution in [1.82, 2.24) is 4.90 Å². The zero-order valence-electron chi connectivity index (χ0n) is 12.1. The van der Waals surface area contributed by atoms with E-state index in [-0.39, 0.29) is 5.84 Å². The highest BCUT2D eigenvalue weighted by molar-refractivity contribution is 5.97. The summed E-state index contributed by atoms with van der Waals surface area (Å²) in [5.74, 6) is 2.61. The second kappa shape index (κ2) is 5.44. The summed E-state index contributed by atoms with van der Waals surface area (Å²) in [4.78, 5) is 2.55. The predicted octanol–water partition coefficient (Wildman–Crippen LogP) is 2.21. The summed E-state index contributed by atoms with van der Waals surface area (Å²) in [5.41, 5.74) is 7.48. The molecule has 2 fully saturated rings. The van der Waals surface area contributed by atoms with E-state index in [9.17, 15) is 0 Å². The normalized spacial score (nSPS) is 25.6. The van der Waals surface area contributed by atoms with Gasteiger partial charge in [-0.3, -0.25) is 10.3 Å². The van der Waals surface area contributed by atoms with E-state index < -0.39 is 0 Å². The molecule has 1 heterocycles. The molecule has 1 saturated heterocycles. The molecule has 1 aliphatic heterocycles. The highest BCUT2D eigenvalue weighted by Gasteiger charge is 2.35. The van der Waals surface area contributed by atoms with Crippen LogP contribution in [0, 0.1) is 17.2 Å². The Balaban J connectivity index is 1.70. The van der Waals surface area contributed by atoms with Crippen LogP contribution in [0.2, 0.25) is 0 Å². The van der Waals surface area contributed by atoms with Crippen molar-refractivity contribution >= 4 is 5.84 Å². The fourth-order valence-corrected chi connectivity index (χ4v) is 3.78. The second-order valence-corrected chi connectivity index (χ2v) is 6.09. The molecule has 20 heavy (non-hydrogen) atoms. The Labute approximate surface area is 120 Å². The van der Waals surface area contributed by atoms with Gasteiger partial charge in [0, 0.05) is 19.6 Å². The van der Waals surface area contributed by atoms with Crippen LogP contribution < -0.4 is 10.5 Å². The van der Waals surface area contributed by atoms with Crippen molar-refractivity contribution in [2.75, 3.05) is 20.2 Å². The maximum Gasteiger partial charge on any atom is 0.130 e. The first-order valence-electron chi connectivity index (χ1n) is 7.41. The number of nitrogens with two attached hydrogens (primary N) is 1. The summed E-state index contributed by atoms with van der Waals surface area (Å²) in [7, 11) is 1.63. The van der Waals surface area contributed by atoms with Gasteiger partial charge in [-0.2, -0.15) is 0 Å². The number of nitrogen functional groups attached to an aromatic ring is 1. The van der Waals surface area contributed by atoms with Crippen LogP contribution >= 0.6 is 0 Å². The molecule has 2 aliphatic rings. The van der Waals surface area contributed by atoms with Gasteiger partial charge >= 0.3 is 0 Å². The second-order valence-electron chi connectivity index (χ2n) is 6.09. The van der Waals surface area contributed by atoms with Gasteiger partial charge < -0.3 is 10.5 Å². The van der Waals surface area contributed by atoms with Crippen LogP contribution in [-0.2, 0) is 6.54 Å². The lowest BCUT2D eigenvalue weighted by atomic mass is 10.0. The van der Waals surface area contributed by atoms with Crippen LogP contribution in [0.15, 0.2) is 18.2 Å². The van der Waals surface area contributed by atoms with Gasteiger partial charge in [0.2, 0.25) is 0 Å². The van der Waals surface area contributed by atoms with Gasteiger partial charge in [0.05, 0.1) is 12.7 Å². The summed E-state index contributed by atoms with van der Waals surface area (Å²) in [6.07, 6.45) is 4.24. The topological polar surface area (TPSA) is 62.3 Å². The Hall–Kier alpha value is -1.55. The van der Waals surface area contributed by atoms with Crippen molar-refractivity contribution < 1.29 is 4.74 Å². The molecule has 0 spiro atoms. The van der Waals surface area contributed by atoms with Gasteiger partial charge in [-0.25, -0.2) is 0 Å². The molecule has 1 saturated carbocycles. The van der Waals surface area contributed by atoms with Crippen molar-refractivity contribution in [3.63, 3.8) is 0 Å². The molecule has 3 N–H and O–H groups in total. The third-order valence-corrected chi connectivity index (χ3v) is 4.76. The number of amidine groups is 1. The van der Waals surface area contributed by atoms with Crippen molar-refractivity contribution in [1.29, 1.82) is 5.41 Å². The van der Waals surface area contributed by atoms with Gasteiger partial charge in [0.1, 0.15) is 11.6 Å². The number of methoxy groups -OCH3 is 1. The summed E-state index contributed by atoms with van der Waals surface area (Å²) < 4.78 is 5.35. The van der Waals surface area contributed by atoms with E-state index in [1.807, 2.05) is 12.1 Å². The molecule has 2 unspecified atom stereocenters. The first-order chi connectivity index (χ1) is 9.67. The Bertz CT molecular complexity index is 502. The Kier molecular flexibility index (Phi) is 3.66. The molecule has 0 amide bonds. The summed E-state index contributed by atoms with van der Waals surface area (Å²) in [6, 6.07) is 5.98. The lowest BCUT2D eigenvalue weighted by molar-refractivity contribution is 0.303. The molecule has 0 bridgehead atoms. The molecular formula is C16H23N3O. The smallest absolute Gasteiger partial charge is 0.130 e. The van der Waals surface area contributed by atoms with E-state index in [0.29, 0.717) is 11.3 Å². The van der Waals surface area contributed by atoms with Crippen molar-refractivity contribution in [3.05, 3.63) is 29.3 Å². The molecule has 0 aromatic heterocycles. The SMILES string of the molecule is COc1cc(CN2CC3CCCC3C2)ccc1C(=N)N. The van der Waals surface area contributed by atoms with Gasteiger partial charge in [-0.1, -0.05) is 12.5 Å². The maximum atomic E-state index is 7.55. The number of ether oxygens (including phenoxy) is 1. The van der Waals surface area contributed by atoms with E-state index in [1.54, 1.807) is 7.11 Å². The lowest BCUT2D eigenvalue weighted by Crippen LogP contribution is -2.21. The van der Waals surface area contributed by atoms with Crippen LogP contribution in [0.1, 0.15) is 30.4 Å². The Morgan fingerprint density at radius 1 is 1.35 bits per heavy atom. The minimum atomic E-state index is 0.0594. The van der Waals surface area contributed by atoms with Crippen molar-refractivity contribution in [3.8, 4) is 5.75 Å². The van der Waals surface area contributed by atoms with Crippen LogP contribution in [0.4, 0.5) is 0 Å². The minimum Gasteiger partial charge on any atom is -0.496 e. The minimum absolute atomic E-state index is 0.0594. The monoisotopic (exact) mass is 273 g/mol. The zero-order valence-corrected chi connectivity index (χ0v) is 12.1. The number of fused-ring (bicyclic) bond motifs is 1. The number of nitrogens with one attached hydrogen (secondary N) is 1. The van der Waals surface area contributed by atoms with E-state index in [0.717, 1.165) is 18.4 Å².